The molecule has 5 rings (SSSR count). The fourth-order valence-corrected chi connectivity index (χ4v) is 5.09. The minimum absolute atomic E-state index is 0.0746. The summed E-state index contributed by atoms with van der Waals surface area (Å²) in [6.07, 6.45) is 17.6. The second-order valence-electron chi connectivity index (χ2n) is 10.2. The van der Waals surface area contributed by atoms with Gasteiger partial charge in [-0.25, -0.2) is 19.9 Å². The highest BCUT2D eigenvalue weighted by molar-refractivity contribution is 5.40. The lowest BCUT2D eigenvalue weighted by Crippen LogP contribution is -2.34. The van der Waals surface area contributed by atoms with Gasteiger partial charge in [-0.2, -0.15) is 0 Å². The molecule has 0 spiro atoms. The van der Waals surface area contributed by atoms with Crippen molar-refractivity contribution in [3.8, 4) is 17.5 Å². The largest absolute Gasteiger partial charge is 0.481 e. The normalized spacial score (nSPS) is 15.7. The molecule has 0 aromatic carbocycles. The first-order valence-electron chi connectivity index (χ1n) is 12.3. The fraction of sp³-hybridized carbons (Fsp3) is 0.462. The van der Waals surface area contributed by atoms with Gasteiger partial charge in [0.15, 0.2) is 11.6 Å². The molecule has 4 aromatic heterocycles. The van der Waals surface area contributed by atoms with E-state index in [0.29, 0.717) is 23.2 Å². The van der Waals surface area contributed by atoms with Crippen LogP contribution >= 0.6 is 0 Å². The van der Waals surface area contributed by atoms with Crippen LogP contribution in [0.1, 0.15) is 75.7 Å². The van der Waals surface area contributed by atoms with Gasteiger partial charge in [0.1, 0.15) is 12.7 Å². The molecule has 10 nitrogen and oxygen atoms in total. The van der Waals surface area contributed by atoms with E-state index in [2.05, 4.69) is 35.7 Å². The first-order chi connectivity index (χ1) is 17.4. The predicted molar refractivity (Wildman–Crippen MR) is 133 cm³/mol. The summed E-state index contributed by atoms with van der Waals surface area (Å²) in [7, 11) is 1.61. The SMILES string of the molecule is COc1cncn1-c1cnc(C2(C)CCCCC2)c(C(C)(C)c2cncc(-n3cncc3CO)n2)n1. The maximum Gasteiger partial charge on any atom is 0.219 e. The number of methoxy groups -OCH3 is 1. The number of ether oxygens (including phenoxy) is 1. The summed E-state index contributed by atoms with van der Waals surface area (Å²) in [4.78, 5) is 28.0. The number of aliphatic hydroxyl groups excluding tert-OH is 1. The van der Waals surface area contributed by atoms with Crippen molar-refractivity contribution in [3.63, 3.8) is 0 Å². The van der Waals surface area contributed by atoms with Crippen LogP contribution in [0.25, 0.3) is 11.6 Å². The Hall–Kier alpha value is -3.66. The zero-order chi connectivity index (χ0) is 25.3. The highest BCUT2D eigenvalue weighted by Gasteiger charge is 2.39. The number of aliphatic hydroxyl groups is 1. The molecule has 1 saturated carbocycles. The van der Waals surface area contributed by atoms with Gasteiger partial charge in [-0.3, -0.25) is 19.1 Å². The van der Waals surface area contributed by atoms with Crippen molar-refractivity contribution in [1.29, 1.82) is 0 Å². The number of hydrogen-bond donors (Lipinski definition) is 1. The lowest BCUT2D eigenvalue weighted by molar-refractivity contribution is 0.274. The van der Waals surface area contributed by atoms with Crippen molar-refractivity contribution >= 4 is 0 Å². The maximum atomic E-state index is 9.70. The van der Waals surface area contributed by atoms with Crippen LogP contribution in [0.5, 0.6) is 5.88 Å². The van der Waals surface area contributed by atoms with Gasteiger partial charge >= 0.3 is 0 Å². The van der Waals surface area contributed by atoms with E-state index in [1.165, 1.54) is 19.3 Å². The van der Waals surface area contributed by atoms with E-state index in [1.54, 1.807) is 59.9 Å². The van der Waals surface area contributed by atoms with E-state index in [-0.39, 0.29) is 12.0 Å². The average Bonchev–Trinajstić information content (AvgIpc) is 3.58. The second-order valence-corrected chi connectivity index (χ2v) is 10.2. The molecule has 10 heteroatoms. The van der Waals surface area contributed by atoms with Crippen LogP contribution in [0.4, 0.5) is 0 Å². The van der Waals surface area contributed by atoms with Crippen LogP contribution in [-0.2, 0) is 17.4 Å². The molecule has 0 unspecified atom stereocenters. The molecular formula is C26H32N8O2. The van der Waals surface area contributed by atoms with Crippen LogP contribution in [0.3, 0.4) is 0 Å². The Kier molecular flexibility index (Phi) is 6.29. The molecule has 36 heavy (non-hydrogen) atoms. The number of hydrogen-bond acceptors (Lipinski definition) is 8. The van der Waals surface area contributed by atoms with E-state index in [9.17, 15) is 5.11 Å². The third-order valence-corrected chi connectivity index (χ3v) is 7.33. The Morgan fingerprint density at radius 3 is 2.39 bits per heavy atom. The standard InChI is InChI=1S/C26H32N8O2/c1-25(2,19-11-27-12-20(31-19)33-16-28-10-18(33)15-35)23-24(26(3)8-6-5-7-9-26)30-13-21(32-23)34-17-29-14-22(34)36-4/h10-14,16-17,35H,5-9,15H2,1-4H3. The molecule has 1 fully saturated rings. The van der Waals surface area contributed by atoms with E-state index in [4.69, 9.17) is 19.7 Å². The zero-order valence-electron chi connectivity index (χ0n) is 21.2. The molecule has 4 aromatic rings. The minimum atomic E-state index is -0.615. The molecule has 0 atom stereocenters. The minimum Gasteiger partial charge on any atom is -0.481 e. The van der Waals surface area contributed by atoms with Gasteiger partial charge in [0.2, 0.25) is 5.88 Å². The molecular weight excluding hydrogens is 456 g/mol. The van der Waals surface area contributed by atoms with Gasteiger partial charge in [-0.15, -0.1) is 0 Å². The number of rotatable bonds is 7. The van der Waals surface area contributed by atoms with Crippen molar-refractivity contribution in [2.75, 3.05) is 7.11 Å². The monoisotopic (exact) mass is 488 g/mol. The number of imidazole rings is 2. The predicted octanol–water partition coefficient (Wildman–Crippen LogP) is 3.69. The molecule has 1 aliphatic rings. The number of nitrogens with zero attached hydrogens (tertiary/aromatic N) is 8. The summed E-state index contributed by atoms with van der Waals surface area (Å²) in [5.74, 6) is 1.81. The summed E-state index contributed by atoms with van der Waals surface area (Å²) >= 11 is 0. The van der Waals surface area contributed by atoms with Crippen LogP contribution in [0.2, 0.25) is 0 Å². The topological polar surface area (TPSA) is 117 Å². The molecule has 0 saturated heterocycles. The van der Waals surface area contributed by atoms with Crippen molar-refractivity contribution in [3.05, 3.63) is 66.4 Å². The summed E-state index contributed by atoms with van der Waals surface area (Å²) in [6.45, 7) is 6.37. The lowest BCUT2D eigenvalue weighted by Gasteiger charge is -2.37. The Bertz CT molecular complexity index is 1350. The summed E-state index contributed by atoms with van der Waals surface area (Å²) < 4.78 is 9.01. The molecule has 1 N–H and O–H groups in total. The van der Waals surface area contributed by atoms with E-state index >= 15 is 0 Å². The van der Waals surface area contributed by atoms with Gasteiger partial charge in [0, 0.05) is 11.6 Å². The third kappa shape index (κ3) is 4.15. The average molecular weight is 489 g/mol. The van der Waals surface area contributed by atoms with Gasteiger partial charge in [0.05, 0.1) is 66.7 Å². The maximum absolute atomic E-state index is 9.70. The molecule has 0 amide bonds. The fourth-order valence-electron chi connectivity index (χ4n) is 5.09. The third-order valence-electron chi connectivity index (χ3n) is 7.33. The van der Waals surface area contributed by atoms with E-state index in [1.807, 2.05) is 0 Å². The molecule has 0 aliphatic heterocycles. The first-order valence-corrected chi connectivity index (χ1v) is 12.3. The highest BCUT2D eigenvalue weighted by Crippen LogP contribution is 2.43. The van der Waals surface area contributed by atoms with Crippen molar-refractivity contribution in [2.24, 2.45) is 0 Å². The molecule has 0 bridgehead atoms. The van der Waals surface area contributed by atoms with Gasteiger partial charge in [-0.1, -0.05) is 26.2 Å². The highest BCUT2D eigenvalue weighted by atomic mass is 16.5. The summed E-state index contributed by atoms with van der Waals surface area (Å²) in [6, 6.07) is 0. The molecule has 4 heterocycles. The Morgan fingerprint density at radius 2 is 1.64 bits per heavy atom. The molecule has 0 radical (unpaired) electrons. The Morgan fingerprint density at radius 1 is 0.917 bits per heavy atom. The van der Waals surface area contributed by atoms with Gasteiger partial charge in [0.25, 0.3) is 0 Å². The van der Waals surface area contributed by atoms with Crippen LogP contribution < -0.4 is 4.74 Å². The Balaban J connectivity index is 1.66. The quantitative estimate of drug-likeness (QED) is 0.419. The number of aromatic nitrogens is 8. The summed E-state index contributed by atoms with van der Waals surface area (Å²) in [5, 5.41) is 9.70. The Labute approximate surface area is 210 Å². The van der Waals surface area contributed by atoms with Crippen molar-refractivity contribution in [2.45, 2.75) is 70.3 Å². The van der Waals surface area contributed by atoms with Gasteiger partial charge in [-0.05, 0) is 26.7 Å². The van der Waals surface area contributed by atoms with Crippen LogP contribution in [0, 0.1) is 0 Å². The lowest BCUT2D eigenvalue weighted by atomic mass is 9.69. The smallest absolute Gasteiger partial charge is 0.219 e. The summed E-state index contributed by atoms with van der Waals surface area (Å²) in [5.41, 5.74) is 2.57. The van der Waals surface area contributed by atoms with Crippen LogP contribution in [-0.4, -0.2) is 51.3 Å². The van der Waals surface area contributed by atoms with Crippen LogP contribution in [0.15, 0.2) is 43.6 Å². The van der Waals surface area contributed by atoms with Crippen molar-refractivity contribution < 1.29 is 9.84 Å². The molecule has 188 valence electrons. The van der Waals surface area contributed by atoms with Crippen molar-refractivity contribution in [1.82, 2.24) is 39.0 Å². The zero-order valence-corrected chi connectivity index (χ0v) is 21.2. The van der Waals surface area contributed by atoms with E-state index < -0.39 is 5.41 Å². The second kappa shape index (κ2) is 9.42. The first kappa shape index (κ1) is 24.1. The molecule has 1 aliphatic carbocycles. The van der Waals surface area contributed by atoms with E-state index in [0.717, 1.165) is 29.9 Å². The van der Waals surface area contributed by atoms with Gasteiger partial charge < -0.3 is 9.84 Å².